The second-order valence-electron chi connectivity index (χ2n) is 6.68. The summed E-state index contributed by atoms with van der Waals surface area (Å²) in [5.41, 5.74) is 0.860. The summed E-state index contributed by atoms with van der Waals surface area (Å²) < 4.78 is 2.00. The van der Waals surface area contributed by atoms with Crippen LogP contribution in [0.5, 0.6) is 0 Å². The Morgan fingerprint density at radius 2 is 2.17 bits per heavy atom. The lowest BCUT2D eigenvalue weighted by atomic mass is 10.3. The van der Waals surface area contributed by atoms with E-state index in [1.54, 1.807) is 13.2 Å². The molecule has 2 N–H and O–H groups in total. The molecule has 10 heteroatoms. The number of fused-ring (bicyclic) bond motifs is 1. The summed E-state index contributed by atoms with van der Waals surface area (Å²) in [6, 6.07) is 9.90. The highest BCUT2D eigenvalue weighted by Gasteiger charge is 2.25. The zero-order valence-electron chi connectivity index (χ0n) is 16.1. The fourth-order valence-electron chi connectivity index (χ4n) is 3.42. The molecule has 1 fully saturated rings. The minimum absolute atomic E-state index is 0. The van der Waals surface area contributed by atoms with E-state index in [0.29, 0.717) is 5.02 Å². The van der Waals surface area contributed by atoms with Crippen molar-refractivity contribution < 1.29 is 0 Å². The van der Waals surface area contributed by atoms with Crippen LogP contribution in [0.1, 0.15) is 12.2 Å². The van der Waals surface area contributed by atoms with Crippen molar-refractivity contribution in [1.29, 1.82) is 0 Å². The third-order valence-electron chi connectivity index (χ3n) is 4.82. The summed E-state index contributed by atoms with van der Waals surface area (Å²) in [4.78, 5) is 10.9. The molecule has 1 aliphatic heterocycles. The summed E-state index contributed by atoms with van der Waals surface area (Å²) in [5.74, 6) is 2.55. The molecule has 0 spiro atoms. The number of nitrogens with one attached hydrogen (secondary N) is 2. The molecule has 4 heterocycles. The normalized spacial score (nSPS) is 16.7. The van der Waals surface area contributed by atoms with Gasteiger partial charge >= 0.3 is 0 Å². The molecule has 1 atom stereocenters. The van der Waals surface area contributed by atoms with E-state index in [0.717, 1.165) is 55.7 Å². The fourth-order valence-corrected chi connectivity index (χ4v) is 3.66. The molecule has 0 aromatic carbocycles. The van der Waals surface area contributed by atoms with Crippen molar-refractivity contribution in [2.75, 3.05) is 31.6 Å². The molecule has 0 aliphatic carbocycles. The number of rotatable bonds is 5. The minimum atomic E-state index is 0. The van der Waals surface area contributed by atoms with Gasteiger partial charge in [-0.3, -0.25) is 9.39 Å². The molecule has 4 rings (SSSR count). The van der Waals surface area contributed by atoms with Crippen LogP contribution in [0.2, 0.25) is 5.02 Å². The Morgan fingerprint density at radius 3 is 3.00 bits per heavy atom. The first kappa shape index (κ1) is 21.6. The van der Waals surface area contributed by atoms with Crippen LogP contribution >= 0.6 is 35.6 Å². The summed E-state index contributed by atoms with van der Waals surface area (Å²) in [6.45, 7) is 2.47. The number of hydrogen-bond donors (Lipinski definition) is 2. The Labute approximate surface area is 191 Å². The highest BCUT2D eigenvalue weighted by Crippen LogP contribution is 2.25. The van der Waals surface area contributed by atoms with Crippen LogP contribution in [0.15, 0.2) is 47.7 Å². The molecular weight excluding hydrogens is 503 g/mol. The Bertz CT molecular complexity index is 976. The SMILES string of the molecule is CN=C(NCCc1nnc2ccccn12)NC1CCN(c2ncccc2Cl)C1.I. The lowest BCUT2D eigenvalue weighted by molar-refractivity contribution is 0.645. The first-order chi connectivity index (χ1) is 13.7. The highest BCUT2D eigenvalue weighted by atomic mass is 127. The number of aromatic nitrogens is 4. The lowest BCUT2D eigenvalue weighted by Gasteiger charge is -2.20. The minimum Gasteiger partial charge on any atom is -0.356 e. The van der Waals surface area contributed by atoms with E-state index >= 15 is 0 Å². The molecule has 154 valence electrons. The van der Waals surface area contributed by atoms with E-state index in [2.05, 4.69) is 35.7 Å². The molecule has 29 heavy (non-hydrogen) atoms. The van der Waals surface area contributed by atoms with Crippen molar-refractivity contribution in [3.63, 3.8) is 0 Å². The van der Waals surface area contributed by atoms with Crippen LogP contribution in [-0.2, 0) is 6.42 Å². The third-order valence-corrected chi connectivity index (χ3v) is 5.11. The molecule has 0 bridgehead atoms. The van der Waals surface area contributed by atoms with Crippen molar-refractivity contribution in [3.8, 4) is 0 Å². The Morgan fingerprint density at radius 1 is 1.28 bits per heavy atom. The molecule has 3 aromatic heterocycles. The Balaban J connectivity index is 0.00000240. The smallest absolute Gasteiger partial charge is 0.191 e. The van der Waals surface area contributed by atoms with E-state index in [1.165, 1.54) is 0 Å². The van der Waals surface area contributed by atoms with E-state index in [4.69, 9.17) is 11.6 Å². The number of anilines is 1. The third kappa shape index (κ3) is 5.08. The Hall–Kier alpha value is -2.14. The zero-order valence-corrected chi connectivity index (χ0v) is 19.2. The van der Waals surface area contributed by atoms with Gasteiger partial charge in [0.05, 0.1) is 5.02 Å². The Kier molecular flexibility index (Phi) is 7.48. The molecule has 1 aliphatic rings. The van der Waals surface area contributed by atoms with Crippen molar-refractivity contribution in [1.82, 2.24) is 30.2 Å². The highest BCUT2D eigenvalue weighted by molar-refractivity contribution is 14.0. The number of guanidine groups is 1. The maximum atomic E-state index is 6.27. The summed E-state index contributed by atoms with van der Waals surface area (Å²) >= 11 is 6.27. The predicted octanol–water partition coefficient (Wildman–Crippen LogP) is 2.38. The summed E-state index contributed by atoms with van der Waals surface area (Å²) in [6.07, 6.45) is 5.51. The number of halogens is 2. The van der Waals surface area contributed by atoms with Gasteiger partial charge in [0.1, 0.15) is 11.6 Å². The molecule has 3 aromatic rings. The molecule has 1 unspecified atom stereocenters. The van der Waals surface area contributed by atoms with Crippen LogP contribution in [-0.4, -0.2) is 58.3 Å². The van der Waals surface area contributed by atoms with Crippen LogP contribution in [0, 0.1) is 0 Å². The molecule has 0 amide bonds. The van der Waals surface area contributed by atoms with E-state index < -0.39 is 0 Å². The molecule has 1 saturated heterocycles. The lowest BCUT2D eigenvalue weighted by Crippen LogP contribution is -2.45. The van der Waals surface area contributed by atoms with E-state index in [9.17, 15) is 0 Å². The van der Waals surface area contributed by atoms with Gasteiger partial charge in [0, 0.05) is 51.5 Å². The van der Waals surface area contributed by atoms with Crippen molar-refractivity contribution in [2.24, 2.45) is 4.99 Å². The maximum Gasteiger partial charge on any atom is 0.191 e. The van der Waals surface area contributed by atoms with E-state index in [-0.39, 0.29) is 30.0 Å². The second-order valence-corrected chi connectivity index (χ2v) is 7.09. The van der Waals surface area contributed by atoms with Crippen molar-refractivity contribution in [3.05, 3.63) is 53.6 Å². The number of nitrogens with zero attached hydrogens (tertiary/aromatic N) is 6. The van der Waals surface area contributed by atoms with Crippen LogP contribution in [0.3, 0.4) is 0 Å². The van der Waals surface area contributed by atoms with Gasteiger partial charge in [0.15, 0.2) is 11.6 Å². The molecule has 0 saturated carbocycles. The van der Waals surface area contributed by atoms with Crippen LogP contribution in [0.4, 0.5) is 5.82 Å². The van der Waals surface area contributed by atoms with Gasteiger partial charge in [-0.2, -0.15) is 0 Å². The quantitative estimate of drug-likeness (QED) is 0.302. The number of aliphatic imine (C=N–C) groups is 1. The summed E-state index contributed by atoms with van der Waals surface area (Å²) in [5, 5.41) is 16.0. The van der Waals surface area contributed by atoms with Gasteiger partial charge in [-0.1, -0.05) is 17.7 Å². The monoisotopic (exact) mass is 526 g/mol. The van der Waals surface area contributed by atoms with Gasteiger partial charge in [0.25, 0.3) is 0 Å². The molecular formula is C19H24ClIN8. The van der Waals surface area contributed by atoms with Crippen LogP contribution in [0.25, 0.3) is 5.65 Å². The largest absolute Gasteiger partial charge is 0.356 e. The maximum absolute atomic E-state index is 6.27. The predicted molar refractivity (Wildman–Crippen MR) is 126 cm³/mol. The topological polar surface area (TPSA) is 82.7 Å². The van der Waals surface area contributed by atoms with Gasteiger partial charge in [-0.05, 0) is 30.7 Å². The van der Waals surface area contributed by atoms with E-state index in [1.807, 2.05) is 40.9 Å². The summed E-state index contributed by atoms with van der Waals surface area (Å²) in [7, 11) is 1.78. The average Bonchev–Trinajstić information content (AvgIpc) is 3.35. The van der Waals surface area contributed by atoms with Gasteiger partial charge in [-0.15, -0.1) is 34.2 Å². The van der Waals surface area contributed by atoms with Crippen LogP contribution < -0.4 is 15.5 Å². The first-order valence-electron chi connectivity index (χ1n) is 9.36. The zero-order chi connectivity index (χ0) is 19.3. The molecule has 8 nitrogen and oxygen atoms in total. The number of pyridine rings is 2. The standard InChI is InChI=1S/C19H23ClN8.HI/c1-21-19(23-10-7-17-26-25-16-6-2-3-11-28(16)17)24-14-8-12-27(13-14)18-15(20)5-4-9-22-18;/h2-6,9,11,14H,7-8,10,12-13H2,1H3,(H2,21,23,24);1H. The molecule has 0 radical (unpaired) electrons. The van der Waals surface area contributed by atoms with Gasteiger partial charge < -0.3 is 15.5 Å². The van der Waals surface area contributed by atoms with Crippen molar-refractivity contribution in [2.45, 2.75) is 18.9 Å². The first-order valence-corrected chi connectivity index (χ1v) is 9.73. The average molecular weight is 527 g/mol. The fraction of sp³-hybridized carbons (Fsp3) is 0.368. The second kappa shape index (κ2) is 10.1. The van der Waals surface area contributed by atoms with Gasteiger partial charge in [0.2, 0.25) is 0 Å². The number of hydrogen-bond acceptors (Lipinski definition) is 5. The van der Waals surface area contributed by atoms with Gasteiger partial charge in [-0.25, -0.2) is 4.98 Å². The van der Waals surface area contributed by atoms with Crippen molar-refractivity contribution >= 4 is 53.0 Å².